The monoisotopic (exact) mass is 291 g/mol. The lowest BCUT2D eigenvalue weighted by Gasteiger charge is -2.20. The van der Waals surface area contributed by atoms with Gasteiger partial charge >= 0.3 is 0 Å². The van der Waals surface area contributed by atoms with Crippen LogP contribution in [-0.4, -0.2) is 24.0 Å². The number of primary amides is 1. The molecule has 0 saturated heterocycles. The number of nitrogens with two attached hydrogens (primary N) is 1. The summed E-state index contributed by atoms with van der Waals surface area (Å²) in [7, 11) is 1.36. The fourth-order valence-corrected chi connectivity index (χ4v) is 2.11. The first-order valence-corrected chi connectivity index (χ1v) is 6.13. The number of aromatic nitrogens is 1. The van der Waals surface area contributed by atoms with E-state index >= 15 is 0 Å². The van der Waals surface area contributed by atoms with Crippen molar-refractivity contribution < 1.29 is 18.5 Å². The van der Waals surface area contributed by atoms with Crippen molar-refractivity contribution in [3.8, 4) is 0 Å². The van der Waals surface area contributed by atoms with Crippen molar-refractivity contribution in [1.29, 1.82) is 0 Å². The van der Waals surface area contributed by atoms with Crippen molar-refractivity contribution in [1.82, 2.24) is 5.16 Å². The molecular weight excluding hydrogens is 277 g/mol. The number of carbonyl (C=O) groups excluding carboxylic acids is 2. The van der Waals surface area contributed by atoms with Crippen LogP contribution in [0.15, 0.2) is 22.7 Å². The number of para-hydroxylation sites is 1. The molecule has 1 aromatic heterocycles. The Hall–Kier alpha value is -2.70. The third-order valence-electron chi connectivity index (χ3n) is 3.14. The second kappa shape index (κ2) is 5.35. The van der Waals surface area contributed by atoms with Crippen LogP contribution in [0.1, 0.15) is 32.2 Å². The molecule has 1 aromatic carbocycles. The van der Waals surface area contributed by atoms with E-state index in [-0.39, 0.29) is 16.8 Å². The van der Waals surface area contributed by atoms with Crippen LogP contribution in [0.25, 0.3) is 0 Å². The van der Waals surface area contributed by atoms with Crippen molar-refractivity contribution in [3.05, 3.63) is 46.6 Å². The normalized spacial score (nSPS) is 10.5. The lowest BCUT2D eigenvalue weighted by molar-refractivity contribution is 0.0989. The van der Waals surface area contributed by atoms with Gasteiger partial charge in [0.1, 0.15) is 17.1 Å². The fourth-order valence-electron chi connectivity index (χ4n) is 2.11. The number of aryl methyl sites for hydroxylation is 2. The quantitative estimate of drug-likeness (QED) is 0.933. The Morgan fingerprint density at radius 2 is 2.00 bits per heavy atom. The van der Waals surface area contributed by atoms with Crippen LogP contribution in [0.5, 0.6) is 0 Å². The first-order chi connectivity index (χ1) is 9.84. The van der Waals surface area contributed by atoms with Crippen LogP contribution < -0.4 is 10.6 Å². The van der Waals surface area contributed by atoms with Gasteiger partial charge in [-0.25, -0.2) is 4.39 Å². The highest BCUT2D eigenvalue weighted by Gasteiger charge is 2.26. The molecule has 0 atom stereocenters. The van der Waals surface area contributed by atoms with Gasteiger partial charge in [0, 0.05) is 7.05 Å². The predicted molar refractivity (Wildman–Crippen MR) is 73.6 cm³/mol. The fraction of sp³-hybridized carbons (Fsp3) is 0.214. The van der Waals surface area contributed by atoms with Gasteiger partial charge < -0.3 is 15.2 Å². The molecule has 2 aromatic rings. The molecule has 1 heterocycles. The van der Waals surface area contributed by atoms with E-state index in [2.05, 4.69) is 5.16 Å². The van der Waals surface area contributed by atoms with E-state index in [9.17, 15) is 14.0 Å². The summed E-state index contributed by atoms with van der Waals surface area (Å²) in [6, 6.07) is 3.86. The van der Waals surface area contributed by atoms with Crippen molar-refractivity contribution in [3.63, 3.8) is 0 Å². The van der Waals surface area contributed by atoms with Gasteiger partial charge in [0.2, 0.25) is 0 Å². The molecule has 110 valence electrons. The Morgan fingerprint density at radius 1 is 1.33 bits per heavy atom. The van der Waals surface area contributed by atoms with Crippen LogP contribution in [0, 0.1) is 19.7 Å². The van der Waals surface area contributed by atoms with Gasteiger partial charge in [-0.15, -0.1) is 0 Å². The predicted octanol–water partition coefficient (Wildman–Crippen LogP) is 1.81. The van der Waals surface area contributed by atoms with E-state index in [1.54, 1.807) is 13.8 Å². The van der Waals surface area contributed by atoms with Gasteiger partial charge in [0.15, 0.2) is 0 Å². The molecule has 0 aliphatic heterocycles. The van der Waals surface area contributed by atoms with E-state index in [1.807, 2.05) is 0 Å². The van der Waals surface area contributed by atoms with Crippen molar-refractivity contribution in [2.24, 2.45) is 5.73 Å². The minimum absolute atomic E-state index is 0.0717. The summed E-state index contributed by atoms with van der Waals surface area (Å²) in [5, 5.41) is 3.69. The average Bonchev–Trinajstić information content (AvgIpc) is 2.76. The smallest absolute Gasteiger partial charge is 0.263 e. The Morgan fingerprint density at radius 3 is 2.52 bits per heavy atom. The maximum atomic E-state index is 14.0. The molecule has 0 unspecified atom stereocenters. The van der Waals surface area contributed by atoms with Crippen molar-refractivity contribution >= 4 is 17.5 Å². The van der Waals surface area contributed by atoms with Gasteiger partial charge in [-0.3, -0.25) is 9.59 Å². The molecule has 0 aliphatic carbocycles. The van der Waals surface area contributed by atoms with Crippen LogP contribution in [0.3, 0.4) is 0 Å². The molecule has 0 bridgehead atoms. The highest BCUT2D eigenvalue weighted by molar-refractivity contribution is 6.10. The summed E-state index contributed by atoms with van der Waals surface area (Å²) in [5.41, 5.74) is 5.61. The lowest BCUT2D eigenvalue weighted by atomic mass is 10.1. The Kier molecular flexibility index (Phi) is 3.75. The van der Waals surface area contributed by atoms with Crippen LogP contribution >= 0.6 is 0 Å². The van der Waals surface area contributed by atoms with Crippen molar-refractivity contribution in [2.45, 2.75) is 13.8 Å². The molecular formula is C14H14FN3O3. The van der Waals surface area contributed by atoms with E-state index < -0.39 is 17.6 Å². The molecule has 0 radical (unpaired) electrons. The first-order valence-electron chi connectivity index (χ1n) is 6.13. The SMILES string of the molecule is Cc1noc(C)c1C(=O)N(C)c1c(F)cccc1C(N)=O. The summed E-state index contributed by atoms with van der Waals surface area (Å²) < 4.78 is 19.0. The number of halogens is 1. The second-order valence-corrected chi connectivity index (χ2v) is 4.56. The van der Waals surface area contributed by atoms with Gasteiger partial charge in [0.25, 0.3) is 11.8 Å². The van der Waals surface area contributed by atoms with E-state index in [1.165, 1.54) is 19.2 Å². The Labute approximate surface area is 120 Å². The maximum absolute atomic E-state index is 14.0. The number of hydrogen-bond donors (Lipinski definition) is 1. The van der Waals surface area contributed by atoms with Gasteiger partial charge in [-0.2, -0.15) is 0 Å². The number of hydrogen-bond acceptors (Lipinski definition) is 4. The average molecular weight is 291 g/mol. The molecule has 2 amide bonds. The Balaban J connectivity index is 2.53. The number of benzene rings is 1. The molecule has 0 fully saturated rings. The summed E-state index contributed by atoms with van der Waals surface area (Å²) in [6.07, 6.45) is 0. The second-order valence-electron chi connectivity index (χ2n) is 4.56. The zero-order valence-corrected chi connectivity index (χ0v) is 11.8. The van der Waals surface area contributed by atoms with E-state index in [4.69, 9.17) is 10.3 Å². The van der Waals surface area contributed by atoms with E-state index in [0.717, 1.165) is 11.0 Å². The first kappa shape index (κ1) is 14.7. The largest absolute Gasteiger partial charge is 0.366 e. The topological polar surface area (TPSA) is 89.4 Å². The van der Waals surface area contributed by atoms with Crippen LogP contribution in [-0.2, 0) is 0 Å². The highest BCUT2D eigenvalue weighted by Crippen LogP contribution is 2.26. The maximum Gasteiger partial charge on any atom is 0.263 e. The van der Waals surface area contributed by atoms with Gasteiger partial charge in [-0.05, 0) is 26.0 Å². The van der Waals surface area contributed by atoms with E-state index in [0.29, 0.717) is 11.5 Å². The van der Waals surface area contributed by atoms with Crippen molar-refractivity contribution in [2.75, 3.05) is 11.9 Å². The summed E-state index contributed by atoms with van der Waals surface area (Å²) >= 11 is 0. The molecule has 6 nitrogen and oxygen atoms in total. The zero-order valence-electron chi connectivity index (χ0n) is 11.8. The number of rotatable bonds is 3. The Bertz CT molecular complexity index is 705. The summed E-state index contributed by atoms with van der Waals surface area (Å²) in [6.45, 7) is 3.19. The minimum atomic E-state index is -0.817. The standard InChI is InChI=1S/C14H14FN3O3/c1-7-11(8(2)21-17-7)14(20)18(3)12-9(13(16)19)5-4-6-10(12)15/h4-6H,1-3H3,(H2,16,19). The molecule has 21 heavy (non-hydrogen) atoms. The number of amides is 2. The minimum Gasteiger partial charge on any atom is -0.366 e. The molecule has 2 rings (SSSR count). The third-order valence-corrected chi connectivity index (χ3v) is 3.14. The summed E-state index contributed by atoms with van der Waals surface area (Å²) in [4.78, 5) is 24.9. The molecule has 0 spiro atoms. The number of carbonyl (C=O) groups is 2. The molecule has 2 N–H and O–H groups in total. The number of nitrogens with zero attached hydrogens (tertiary/aromatic N) is 2. The molecule has 0 saturated carbocycles. The zero-order chi connectivity index (χ0) is 15.7. The number of anilines is 1. The van der Waals surface area contributed by atoms with Gasteiger partial charge in [-0.1, -0.05) is 11.2 Å². The molecule has 7 heteroatoms. The van der Waals surface area contributed by atoms with Crippen LogP contribution in [0.4, 0.5) is 10.1 Å². The lowest BCUT2D eigenvalue weighted by Crippen LogP contribution is -2.30. The van der Waals surface area contributed by atoms with Gasteiger partial charge in [0.05, 0.1) is 16.9 Å². The van der Waals surface area contributed by atoms with Crippen LogP contribution in [0.2, 0.25) is 0 Å². The molecule has 0 aliphatic rings. The highest BCUT2D eigenvalue weighted by atomic mass is 19.1. The third kappa shape index (κ3) is 2.49. The summed E-state index contributed by atoms with van der Waals surface area (Å²) in [5.74, 6) is -1.74.